The zero-order valence-electron chi connectivity index (χ0n) is 22.3. The van der Waals surface area contributed by atoms with Crippen LogP contribution in [-0.4, -0.2) is 36.8 Å². The van der Waals surface area contributed by atoms with Crippen LogP contribution in [0.1, 0.15) is 49.8 Å². The van der Waals surface area contributed by atoms with E-state index in [4.69, 9.17) is 16.3 Å². The summed E-state index contributed by atoms with van der Waals surface area (Å²) < 4.78 is 8.28. The molecular weight excluding hydrogens is 532 g/mol. The van der Waals surface area contributed by atoms with Crippen LogP contribution in [0.2, 0.25) is 5.02 Å². The Balaban J connectivity index is 1.57. The Bertz CT molecular complexity index is 1810. The highest BCUT2D eigenvalue weighted by atomic mass is 35.5. The van der Waals surface area contributed by atoms with Gasteiger partial charge in [0.25, 0.3) is 11.5 Å². The van der Waals surface area contributed by atoms with Gasteiger partial charge in [-0.1, -0.05) is 41.9 Å². The number of benzene rings is 2. The molecule has 2 aromatic carbocycles. The van der Waals surface area contributed by atoms with Gasteiger partial charge in [0.1, 0.15) is 11.2 Å². The molecule has 2 N–H and O–H groups in total. The van der Waals surface area contributed by atoms with Gasteiger partial charge in [0, 0.05) is 23.8 Å². The Hall–Kier alpha value is -4.70. The summed E-state index contributed by atoms with van der Waals surface area (Å²) in [7, 11) is 0. The second-order valence-electron chi connectivity index (χ2n) is 10.2. The molecule has 0 aliphatic heterocycles. The lowest BCUT2D eigenvalue weighted by Gasteiger charge is -2.21. The average Bonchev–Trinajstić information content (AvgIpc) is 3.25. The zero-order chi connectivity index (χ0) is 28.6. The van der Waals surface area contributed by atoms with Gasteiger partial charge in [-0.05, 0) is 63.4 Å². The number of carbonyl (C=O) groups is 2. The number of rotatable bonds is 5. The van der Waals surface area contributed by atoms with E-state index in [9.17, 15) is 14.4 Å². The molecule has 3 aromatic heterocycles. The van der Waals surface area contributed by atoms with Crippen molar-refractivity contribution in [3.8, 4) is 5.69 Å². The van der Waals surface area contributed by atoms with Crippen molar-refractivity contribution in [1.82, 2.24) is 24.5 Å². The number of anilines is 1. The number of nitrogens with one attached hydrogen (secondary N) is 2. The molecule has 5 rings (SSSR count). The molecule has 0 unspecified atom stereocenters. The van der Waals surface area contributed by atoms with Crippen LogP contribution < -0.4 is 16.2 Å². The fourth-order valence-corrected chi connectivity index (χ4v) is 4.69. The number of pyridine rings is 1. The molecule has 204 valence electrons. The molecule has 0 radical (unpaired) electrons. The molecule has 0 aliphatic carbocycles. The van der Waals surface area contributed by atoms with Crippen LogP contribution in [0.25, 0.3) is 22.1 Å². The molecule has 1 atom stereocenters. The largest absolute Gasteiger partial charge is 0.444 e. The summed E-state index contributed by atoms with van der Waals surface area (Å²) in [5.41, 5.74) is 0.384. The topological polar surface area (TPSA) is 120 Å². The summed E-state index contributed by atoms with van der Waals surface area (Å²) in [4.78, 5) is 44.3. The SMILES string of the molecule is C[C@H](NC(=O)c1c(NC(=O)OC(C)(C)C)nn2cccnc12)c1cc2cccc(Cl)c2c(=O)n1-c1ccccc1. The van der Waals surface area contributed by atoms with Gasteiger partial charge in [-0.15, -0.1) is 5.10 Å². The van der Waals surface area contributed by atoms with Crippen molar-refractivity contribution in [2.75, 3.05) is 5.32 Å². The number of hydrogen-bond donors (Lipinski definition) is 2. The van der Waals surface area contributed by atoms with Crippen LogP contribution in [0.3, 0.4) is 0 Å². The molecule has 0 spiro atoms. The van der Waals surface area contributed by atoms with E-state index in [2.05, 4.69) is 20.7 Å². The van der Waals surface area contributed by atoms with Crippen molar-refractivity contribution in [3.05, 3.63) is 99.7 Å². The van der Waals surface area contributed by atoms with Crippen LogP contribution in [0.15, 0.2) is 77.9 Å². The summed E-state index contributed by atoms with van der Waals surface area (Å²) in [6.07, 6.45) is 2.37. The van der Waals surface area contributed by atoms with Crippen LogP contribution in [0.4, 0.5) is 10.6 Å². The third-order valence-electron chi connectivity index (χ3n) is 6.07. The number of amides is 2. The van der Waals surface area contributed by atoms with E-state index >= 15 is 0 Å². The molecule has 0 saturated carbocycles. The normalized spacial score (nSPS) is 12.3. The second kappa shape index (κ2) is 10.5. The van der Waals surface area contributed by atoms with Crippen molar-refractivity contribution in [3.63, 3.8) is 0 Å². The Kier molecular flexibility index (Phi) is 7.03. The summed E-state index contributed by atoms with van der Waals surface area (Å²) >= 11 is 6.42. The predicted octanol–water partition coefficient (Wildman–Crippen LogP) is 5.52. The first kappa shape index (κ1) is 26.9. The maximum absolute atomic E-state index is 13.7. The molecule has 5 aromatic rings. The van der Waals surface area contributed by atoms with Crippen molar-refractivity contribution < 1.29 is 14.3 Å². The molecule has 0 bridgehead atoms. The van der Waals surface area contributed by atoms with Gasteiger partial charge in [-0.2, -0.15) is 0 Å². The third kappa shape index (κ3) is 5.26. The number of nitrogens with zero attached hydrogens (tertiary/aromatic N) is 4. The molecule has 0 fully saturated rings. The average molecular weight is 559 g/mol. The minimum Gasteiger partial charge on any atom is -0.444 e. The van der Waals surface area contributed by atoms with Gasteiger partial charge in [0.15, 0.2) is 11.5 Å². The van der Waals surface area contributed by atoms with Gasteiger partial charge in [0.05, 0.1) is 16.5 Å². The molecule has 3 heterocycles. The van der Waals surface area contributed by atoms with Crippen LogP contribution in [0.5, 0.6) is 0 Å². The van der Waals surface area contributed by atoms with Crippen LogP contribution >= 0.6 is 11.6 Å². The summed E-state index contributed by atoms with van der Waals surface area (Å²) in [6.45, 7) is 6.96. The highest BCUT2D eigenvalue weighted by Gasteiger charge is 2.27. The number of fused-ring (bicyclic) bond motifs is 2. The van der Waals surface area contributed by atoms with Gasteiger partial charge >= 0.3 is 6.09 Å². The molecular formula is C29H27ClN6O4. The van der Waals surface area contributed by atoms with Gasteiger partial charge in [0.2, 0.25) is 0 Å². The monoisotopic (exact) mass is 558 g/mol. The lowest BCUT2D eigenvalue weighted by atomic mass is 10.1. The third-order valence-corrected chi connectivity index (χ3v) is 6.39. The minimum atomic E-state index is -0.762. The highest BCUT2D eigenvalue weighted by molar-refractivity contribution is 6.35. The van der Waals surface area contributed by atoms with Gasteiger partial charge < -0.3 is 10.1 Å². The van der Waals surface area contributed by atoms with Crippen molar-refractivity contribution >= 4 is 45.8 Å². The predicted molar refractivity (Wildman–Crippen MR) is 153 cm³/mol. The van der Waals surface area contributed by atoms with Crippen LogP contribution in [0, 0.1) is 0 Å². The van der Waals surface area contributed by atoms with Crippen molar-refractivity contribution in [1.29, 1.82) is 0 Å². The summed E-state index contributed by atoms with van der Waals surface area (Å²) in [5, 5.41) is 11.2. The lowest BCUT2D eigenvalue weighted by molar-refractivity contribution is 0.0635. The number of aromatic nitrogens is 4. The first-order valence-corrected chi connectivity index (χ1v) is 12.9. The van der Waals surface area contributed by atoms with E-state index in [0.717, 1.165) is 0 Å². The second-order valence-corrected chi connectivity index (χ2v) is 10.6. The van der Waals surface area contributed by atoms with E-state index in [1.54, 1.807) is 70.3 Å². The number of carbonyl (C=O) groups excluding carboxylic acids is 2. The lowest BCUT2D eigenvalue weighted by Crippen LogP contribution is -2.33. The minimum absolute atomic E-state index is 0.0107. The first-order chi connectivity index (χ1) is 19.0. The quantitative estimate of drug-likeness (QED) is 0.293. The molecule has 0 saturated heterocycles. The van der Waals surface area contributed by atoms with Crippen molar-refractivity contribution in [2.45, 2.75) is 39.3 Å². The molecule has 10 nitrogen and oxygen atoms in total. The van der Waals surface area contributed by atoms with E-state index in [1.807, 2.05) is 24.3 Å². The smallest absolute Gasteiger partial charge is 0.413 e. The molecule has 2 amide bonds. The highest BCUT2D eigenvalue weighted by Crippen LogP contribution is 2.27. The Labute approximate surface area is 234 Å². The number of para-hydroxylation sites is 1. The summed E-state index contributed by atoms with van der Waals surface area (Å²) in [6, 6.07) is 17.2. The number of ether oxygens (including phenoxy) is 1. The van der Waals surface area contributed by atoms with E-state index in [0.29, 0.717) is 27.2 Å². The number of hydrogen-bond acceptors (Lipinski definition) is 6. The molecule has 11 heteroatoms. The van der Waals surface area contributed by atoms with E-state index in [1.165, 1.54) is 15.3 Å². The zero-order valence-corrected chi connectivity index (χ0v) is 23.1. The Morgan fingerprint density at radius 3 is 2.52 bits per heavy atom. The molecule has 0 aliphatic rings. The first-order valence-electron chi connectivity index (χ1n) is 12.6. The summed E-state index contributed by atoms with van der Waals surface area (Å²) in [5.74, 6) is -0.561. The van der Waals surface area contributed by atoms with Crippen molar-refractivity contribution in [2.24, 2.45) is 0 Å². The maximum Gasteiger partial charge on any atom is 0.413 e. The fourth-order valence-electron chi connectivity index (χ4n) is 4.43. The van der Waals surface area contributed by atoms with E-state index in [-0.39, 0.29) is 22.6 Å². The molecule has 40 heavy (non-hydrogen) atoms. The maximum atomic E-state index is 13.7. The fraction of sp³-hybridized carbons (Fsp3) is 0.207. The Morgan fingerprint density at radius 1 is 1.05 bits per heavy atom. The standard InChI is InChI=1S/C29H27ClN6O4/c1-17(21-16-18-10-8-13-20(30)22(18)27(38)36(21)19-11-6-5-7-12-19)32-26(37)23-24(33-28(39)40-29(2,3)4)34-35-15-9-14-31-25(23)35/h5-17H,1-4H3,(H,32,37)(H,33,34,39)/t17-/m0/s1. The number of halogens is 1. The van der Waals surface area contributed by atoms with Crippen LogP contribution in [-0.2, 0) is 4.74 Å². The van der Waals surface area contributed by atoms with E-state index < -0.39 is 23.6 Å². The van der Waals surface area contributed by atoms with Gasteiger partial charge in [-0.25, -0.2) is 14.3 Å². The Morgan fingerprint density at radius 2 is 1.80 bits per heavy atom. The van der Waals surface area contributed by atoms with Gasteiger partial charge in [-0.3, -0.25) is 19.5 Å².